The monoisotopic (exact) mass is 499 g/mol. The van der Waals surface area contributed by atoms with Gasteiger partial charge in [0, 0.05) is 6.54 Å². The van der Waals surface area contributed by atoms with Crippen LogP contribution >= 0.6 is 0 Å². The van der Waals surface area contributed by atoms with Crippen LogP contribution in [0.4, 0.5) is 0 Å². The highest BCUT2D eigenvalue weighted by Crippen LogP contribution is 2.11. The SMILES string of the molecule is CC(C)CC(NC(=O)C(N)CCCN=C(N)N)C(=O)NC(CC(C)C)C(=O)NC(C(=O)O)C(C)C. The molecule has 0 fully saturated rings. The summed E-state index contributed by atoms with van der Waals surface area (Å²) < 4.78 is 0. The number of aliphatic imine (C=N–C) groups is 1. The summed E-state index contributed by atoms with van der Waals surface area (Å²) in [6, 6.07) is -3.81. The topological polar surface area (TPSA) is 215 Å². The minimum absolute atomic E-state index is 0.0419. The van der Waals surface area contributed by atoms with Gasteiger partial charge in [0.25, 0.3) is 0 Å². The van der Waals surface area contributed by atoms with Gasteiger partial charge in [-0.3, -0.25) is 19.4 Å². The van der Waals surface area contributed by atoms with Crippen molar-refractivity contribution in [2.24, 2.45) is 39.9 Å². The Kier molecular flexibility index (Phi) is 14.6. The van der Waals surface area contributed by atoms with Crippen LogP contribution in [0.25, 0.3) is 0 Å². The molecule has 202 valence electrons. The van der Waals surface area contributed by atoms with E-state index in [0.29, 0.717) is 32.2 Å². The van der Waals surface area contributed by atoms with Crippen LogP contribution in [-0.2, 0) is 19.2 Å². The molecule has 0 saturated carbocycles. The van der Waals surface area contributed by atoms with E-state index in [1.165, 1.54) is 0 Å². The minimum Gasteiger partial charge on any atom is -0.480 e. The van der Waals surface area contributed by atoms with Gasteiger partial charge in [-0.05, 0) is 43.4 Å². The molecule has 0 aromatic carbocycles. The second-order valence-corrected chi connectivity index (χ2v) is 10.0. The number of carbonyl (C=O) groups excluding carboxylic acids is 3. The number of hydrogen-bond donors (Lipinski definition) is 7. The summed E-state index contributed by atoms with van der Waals surface area (Å²) in [6.07, 6.45) is 1.44. The van der Waals surface area contributed by atoms with Crippen LogP contribution in [0.15, 0.2) is 4.99 Å². The highest BCUT2D eigenvalue weighted by Gasteiger charge is 2.31. The van der Waals surface area contributed by atoms with Crippen molar-refractivity contribution >= 4 is 29.7 Å². The second-order valence-electron chi connectivity index (χ2n) is 10.0. The van der Waals surface area contributed by atoms with E-state index in [0.717, 1.165) is 0 Å². The van der Waals surface area contributed by atoms with Gasteiger partial charge >= 0.3 is 5.97 Å². The minimum atomic E-state index is -1.15. The molecular weight excluding hydrogens is 454 g/mol. The smallest absolute Gasteiger partial charge is 0.326 e. The highest BCUT2D eigenvalue weighted by molar-refractivity contribution is 5.94. The van der Waals surface area contributed by atoms with Crippen molar-refractivity contribution < 1.29 is 24.3 Å². The van der Waals surface area contributed by atoms with Gasteiger partial charge in [-0.1, -0.05) is 41.5 Å². The van der Waals surface area contributed by atoms with Crippen molar-refractivity contribution in [1.29, 1.82) is 0 Å². The van der Waals surface area contributed by atoms with Crippen molar-refractivity contribution in [3.8, 4) is 0 Å². The van der Waals surface area contributed by atoms with Gasteiger partial charge in [-0.15, -0.1) is 0 Å². The van der Waals surface area contributed by atoms with E-state index in [1.807, 2.05) is 27.7 Å². The van der Waals surface area contributed by atoms with Crippen molar-refractivity contribution in [1.82, 2.24) is 16.0 Å². The van der Waals surface area contributed by atoms with Gasteiger partial charge in [-0.25, -0.2) is 4.79 Å². The number of rotatable bonds is 16. The van der Waals surface area contributed by atoms with E-state index < -0.39 is 47.9 Å². The molecule has 12 heteroatoms. The van der Waals surface area contributed by atoms with Crippen LogP contribution in [-0.4, -0.2) is 65.5 Å². The number of carbonyl (C=O) groups is 4. The summed E-state index contributed by atoms with van der Waals surface area (Å²) in [5.74, 6) is -3.03. The number of nitrogens with zero attached hydrogens (tertiary/aromatic N) is 1. The van der Waals surface area contributed by atoms with E-state index in [1.54, 1.807) is 13.8 Å². The maximum absolute atomic E-state index is 13.1. The van der Waals surface area contributed by atoms with E-state index in [-0.39, 0.29) is 23.7 Å². The summed E-state index contributed by atoms with van der Waals surface area (Å²) >= 11 is 0. The average molecular weight is 500 g/mol. The van der Waals surface area contributed by atoms with E-state index in [9.17, 15) is 24.3 Å². The van der Waals surface area contributed by atoms with Crippen LogP contribution in [0.3, 0.4) is 0 Å². The molecule has 10 N–H and O–H groups in total. The molecule has 0 aromatic heterocycles. The van der Waals surface area contributed by atoms with E-state index >= 15 is 0 Å². The van der Waals surface area contributed by atoms with Crippen molar-refractivity contribution in [3.05, 3.63) is 0 Å². The molecular formula is C23H45N7O5. The predicted octanol–water partition coefficient (Wildman–Crippen LogP) is -0.345. The third kappa shape index (κ3) is 13.5. The van der Waals surface area contributed by atoms with Crippen molar-refractivity contribution in [2.45, 2.75) is 91.4 Å². The molecule has 0 radical (unpaired) electrons. The number of amides is 3. The first kappa shape index (κ1) is 32.1. The summed E-state index contributed by atoms with van der Waals surface area (Å²) in [5.41, 5.74) is 16.5. The van der Waals surface area contributed by atoms with Crippen LogP contribution in [0.1, 0.15) is 67.2 Å². The summed E-state index contributed by atoms with van der Waals surface area (Å²) in [5, 5.41) is 17.3. The van der Waals surface area contributed by atoms with Crippen LogP contribution in [0.2, 0.25) is 0 Å². The Bertz CT molecular complexity index is 736. The summed E-state index contributed by atoms with van der Waals surface area (Å²) in [4.78, 5) is 54.0. The Morgan fingerprint density at radius 3 is 1.66 bits per heavy atom. The zero-order valence-electron chi connectivity index (χ0n) is 21.8. The number of guanidine groups is 1. The highest BCUT2D eigenvalue weighted by atomic mass is 16.4. The average Bonchev–Trinajstić information content (AvgIpc) is 2.72. The molecule has 0 aliphatic heterocycles. The standard InChI is InChI=1S/C23H45N7O5/c1-12(2)10-16(28-19(31)15(24)8-7-9-27-23(25)26)20(32)29-17(11-13(3)4)21(33)30-18(14(5)6)22(34)35/h12-18H,7-11,24H2,1-6H3,(H,28,31)(H,29,32)(H,30,33)(H,34,35)(H4,25,26,27). The Hall–Kier alpha value is -2.89. The number of nitrogens with two attached hydrogens (primary N) is 3. The first-order valence-corrected chi connectivity index (χ1v) is 12.1. The fraction of sp³-hybridized carbons (Fsp3) is 0.783. The molecule has 4 atom stereocenters. The number of carboxylic acids is 1. The van der Waals surface area contributed by atoms with Gasteiger partial charge in [0.05, 0.1) is 6.04 Å². The molecule has 3 amide bonds. The van der Waals surface area contributed by atoms with Crippen molar-refractivity contribution in [3.63, 3.8) is 0 Å². The second kappa shape index (κ2) is 15.9. The fourth-order valence-electron chi connectivity index (χ4n) is 3.37. The number of hydrogen-bond acceptors (Lipinski definition) is 6. The van der Waals surface area contributed by atoms with Gasteiger partial charge in [0.15, 0.2) is 5.96 Å². The zero-order chi connectivity index (χ0) is 27.3. The van der Waals surface area contributed by atoms with Gasteiger partial charge in [0.2, 0.25) is 17.7 Å². The molecule has 4 unspecified atom stereocenters. The third-order valence-corrected chi connectivity index (χ3v) is 5.22. The largest absolute Gasteiger partial charge is 0.480 e. The molecule has 0 spiro atoms. The third-order valence-electron chi connectivity index (χ3n) is 5.22. The zero-order valence-corrected chi connectivity index (χ0v) is 21.8. The molecule has 35 heavy (non-hydrogen) atoms. The predicted molar refractivity (Wildman–Crippen MR) is 135 cm³/mol. The lowest BCUT2D eigenvalue weighted by atomic mass is 9.98. The van der Waals surface area contributed by atoms with Gasteiger partial charge in [-0.2, -0.15) is 0 Å². The molecule has 0 bridgehead atoms. The van der Waals surface area contributed by atoms with Gasteiger partial charge in [0.1, 0.15) is 18.1 Å². The Morgan fingerprint density at radius 2 is 1.26 bits per heavy atom. The Balaban J connectivity index is 5.39. The first-order chi connectivity index (χ1) is 16.1. The summed E-state index contributed by atoms with van der Waals surface area (Å²) in [6.45, 7) is 11.3. The van der Waals surface area contributed by atoms with Crippen molar-refractivity contribution in [2.75, 3.05) is 6.54 Å². The quantitative estimate of drug-likeness (QED) is 0.0844. The number of aliphatic carboxylic acids is 1. The van der Waals surface area contributed by atoms with Crippen LogP contribution in [0, 0.1) is 17.8 Å². The van der Waals surface area contributed by atoms with E-state index in [4.69, 9.17) is 17.2 Å². The maximum Gasteiger partial charge on any atom is 0.326 e. The van der Waals surface area contributed by atoms with Crippen LogP contribution in [0.5, 0.6) is 0 Å². The molecule has 0 aliphatic carbocycles. The summed E-state index contributed by atoms with van der Waals surface area (Å²) in [7, 11) is 0. The normalized spacial score (nSPS) is 14.7. The molecule has 0 saturated heterocycles. The first-order valence-electron chi connectivity index (χ1n) is 12.1. The molecule has 0 heterocycles. The lowest BCUT2D eigenvalue weighted by Crippen LogP contribution is -2.58. The Labute approximate surface area is 208 Å². The van der Waals surface area contributed by atoms with Crippen LogP contribution < -0.4 is 33.2 Å². The molecule has 0 rings (SSSR count). The maximum atomic E-state index is 13.1. The number of nitrogens with one attached hydrogen (secondary N) is 3. The molecule has 0 aromatic rings. The Morgan fingerprint density at radius 1 is 0.800 bits per heavy atom. The molecule has 0 aliphatic rings. The number of carboxylic acid groups (broad SMARTS) is 1. The van der Waals surface area contributed by atoms with Gasteiger partial charge < -0.3 is 38.3 Å². The van der Waals surface area contributed by atoms with E-state index in [2.05, 4.69) is 20.9 Å². The molecule has 12 nitrogen and oxygen atoms in total. The lowest BCUT2D eigenvalue weighted by Gasteiger charge is -2.27. The fourth-order valence-corrected chi connectivity index (χ4v) is 3.37. The lowest BCUT2D eigenvalue weighted by molar-refractivity contribution is -0.143.